The number of ether oxygens (including phenoxy) is 4. The van der Waals surface area contributed by atoms with Crippen LogP contribution in [0.15, 0.2) is 0 Å². The topological polar surface area (TPSA) is 237 Å². The first-order chi connectivity index (χ1) is 47.2. The van der Waals surface area contributed by atoms with E-state index in [0.29, 0.717) is 25.7 Å². The summed E-state index contributed by atoms with van der Waals surface area (Å²) in [4.78, 5) is 72.9. The van der Waals surface area contributed by atoms with E-state index in [1.54, 1.807) is 0 Å². The number of carbonyl (C=O) groups is 4. The van der Waals surface area contributed by atoms with Crippen molar-refractivity contribution in [1.29, 1.82) is 0 Å². The SMILES string of the molecule is CCCCCCCCCCCCCCCCCCCCCC(=O)O[C@H](COC(=O)CCCCCCCCCCCCCCCCCC)COP(=O)(O)OC[C@@H](O)COP(=O)(O)OC[C@@H](COC(=O)CCCCCCCCCCCC)OC(=O)CCCCCCCCCCCCCC. The van der Waals surface area contributed by atoms with Crippen LogP contribution >= 0.6 is 15.6 Å². The molecule has 0 rings (SSSR count). The second kappa shape index (κ2) is 72.4. The predicted molar refractivity (Wildman–Crippen MR) is 395 cm³/mol. The van der Waals surface area contributed by atoms with Crippen LogP contribution in [0.3, 0.4) is 0 Å². The van der Waals surface area contributed by atoms with Gasteiger partial charge in [0, 0.05) is 25.7 Å². The van der Waals surface area contributed by atoms with Gasteiger partial charge in [-0.25, -0.2) is 9.13 Å². The minimum Gasteiger partial charge on any atom is -0.462 e. The van der Waals surface area contributed by atoms with E-state index in [-0.39, 0.29) is 25.7 Å². The van der Waals surface area contributed by atoms with E-state index in [4.69, 9.17) is 37.0 Å². The quantitative estimate of drug-likeness (QED) is 0.0222. The molecule has 0 fully saturated rings. The second-order valence-electron chi connectivity index (χ2n) is 28.1. The Hall–Kier alpha value is -1.94. The van der Waals surface area contributed by atoms with Gasteiger partial charge in [-0.1, -0.05) is 368 Å². The Bertz CT molecular complexity index is 1840. The van der Waals surface area contributed by atoms with Gasteiger partial charge in [-0.05, 0) is 25.7 Å². The number of rotatable bonds is 79. The number of carbonyl (C=O) groups excluding carboxylic acids is 4. The molecule has 576 valence electrons. The maximum atomic E-state index is 13.1. The fourth-order valence-corrected chi connectivity index (χ4v) is 13.7. The van der Waals surface area contributed by atoms with Crippen molar-refractivity contribution in [2.75, 3.05) is 39.6 Å². The normalized spacial score (nSPS) is 13.8. The summed E-state index contributed by atoms with van der Waals surface area (Å²) in [6, 6.07) is 0. The third kappa shape index (κ3) is 72.2. The van der Waals surface area contributed by atoms with E-state index >= 15 is 0 Å². The highest BCUT2D eigenvalue weighted by atomic mass is 31.2. The Morgan fingerprint density at radius 1 is 0.247 bits per heavy atom. The van der Waals surface area contributed by atoms with Gasteiger partial charge in [0.1, 0.15) is 19.3 Å². The van der Waals surface area contributed by atoms with E-state index in [1.807, 2.05) is 0 Å². The van der Waals surface area contributed by atoms with Gasteiger partial charge in [0.15, 0.2) is 12.2 Å². The van der Waals surface area contributed by atoms with Gasteiger partial charge in [-0.3, -0.25) is 37.3 Å². The van der Waals surface area contributed by atoms with Crippen LogP contribution in [0.25, 0.3) is 0 Å². The molecule has 0 aromatic carbocycles. The summed E-state index contributed by atoms with van der Waals surface area (Å²) in [5.74, 6) is -2.11. The lowest BCUT2D eigenvalue weighted by Gasteiger charge is -2.21. The molecule has 0 amide bonds. The van der Waals surface area contributed by atoms with Crippen molar-refractivity contribution in [3.63, 3.8) is 0 Å². The van der Waals surface area contributed by atoms with Gasteiger partial charge in [-0.2, -0.15) is 0 Å². The van der Waals surface area contributed by atoms with Crippen molar-refractivity contribution in [1.82, 2.24) is 0 Å². The Balaban J connectivity index is 5.22. The van der Waals surface area contributed by atoms with E-state index < -0.39 is 97.5 Å². The molecule has 97 heavy (non-hydrogen) atoms. The first kappa shape index (κ1) is 95.1. The van der Waals surface area contributed by atoms with Crippen LogP contribution in [0.5, 0.6) is 0 Å². The smallest absolute Gasteiger partial charge is 0.462 e. The Kier molecular flexibility index (Phi) is 71.0. The first-order valence-corrected chi connectivity index (χ1v) is 43.8. The number of phosphoric ester groups is 2. The minimum atomic E-state index is -4.96. The molecule has 0 radical (unpaired) electrons. The lowest BCUT2D eigenvalue weighted by molar-refractivity contribution is -0.161. The predicted octanol–water partition coefficient (Wildman–Crippen LogP) is 23.4. The van der Waals surface area contributed by atoms with Gasteiger partial charge in [0.05, 0.1) is 26.4 Å². The van der Waals surface area contributed by atoms with Crippen LogP contribution in [0.1, 0.15) is 419 Å². The molecule has 0 saturated heterocycles. The summed E-state index contributed by atoms with van der Waals surface area (Å²) in [5, 5.41) is 10.6. The molecule has 0 aromatic rings. The molecule has 3 N–H and O–H groups in total. The molecule has 0 aliphatic heterocycles. The number of esters is 4. The molecular formula is C78H152O17P2. The zero-order valence-electron chi connectivity index (χ0n) is 63.1. The third-order valence-corrected chi connectivity index (χ3v) is 20.3. The highest BCUT2D eigenvalue weighted by Gasteiger charge is 2.30. The van der Waals surface area contributed by atoms with Crippen LogP contribution in [-0.2, 0) is 65.4 Å². The van der Waals surface area contributed by atoms with Crippen molar-refractivity contribution < 1.29 is 80.2 Å². The summed E-state index contributed by atoms with van der Waals surface area (Å²) in [6.07, 6.45) is 63.7. The number of phosphoric acid groups is 2. The highest BCUT2D eigenvalue weighted by molar-refractivity contribution is 7.47. The van der Waals surface area contributed by atoms with E-state index in [0.717, 1.165) is 89.9 Å². The lowest BCUT2D eigenvalue weighted by atomic mass is 10.0. The van der Waals surface area contributed by atoms with Crippen LogP contribution in [0, 0.1) is 0 Å². The number of hydrogen-bond acceptors (Lipinski definition) is 15. The van der Waals surface area contributed by atoms with Crippen LogP contribution in [-0.4, -0.2) is 96.7 Å². The van der Waals surface area contributed by atoms with Crippen molar-refractivity contribution in [3.05, 3.63) is 0 Å². The van der Waals surface area contributed by atoms with Gasteiger partial charge in [-0.15, -0.1) is 0 Å². The molecule has 17 nitrogen and oxygen atoms in total. The maximum absolute atomic E-state index is 13.1. The molecule has 0 aliphatic rings. The Labute approximate surface area is 594 Å². The van der Waals surface area contributed by atoms with Crippen molar-refractivity contribution in [3.8, 4) is 0 Å². The Morgan fingerprint density at radius 3 is 0.608 bits per heavy atom. The minimum absolute atomic E-state index is 0.108. The maximum Gasteiger partial charge on any atom is 0.472 e. The summed E-state index contributed by atoms with van der Waals surface area (Å²) in [5.41, 5.74) is 0. The molecule has 0 heterocycles. The molecule has 5 atom stereocenters. The number of aliphatic hydroxyl groups excluding tert-OH is 1. The molecule has 19 heteroatoms. The van der Waals surface area contributed by atoms with Crippen molar-refractivity contribution in [2.45, 2.75) is 438 Å². The highest BCUT2D eigenvalue weighted by Crippen LogP contribution is 2.45. The molecule has 2 unspecified atom stereocenters. The lowest BCUT2D eigenvalue weighted by Crippen LogP contribution is -2.30. The van der Waals surface area contributed by atoms with Crippen LogP contribution in [0.2, 0.25) is 0 Å². The van der Waals surface area contributed by atoms with Gasteiger partial charge in [0.2, 0.25) is 0 Å². The number of hydrogen-bond donors (Lipinski definition) is 3. The van der Waals surface area contributed by atoms with Crippen LogP contribution in [0.4, 0.5) is 0 Å². The van der Waals surface area contributed by atoms with Crippen molar-refractivity contribution in [2.24, 2.45) is 0 Å². The fraction of sp³-hybridized carbons (Fsp3) is 0.949. The molecule has 0 bridgehead atoms. The number of unbranched alkanes of at least 4 members (excludes halogenated alkanes) is 53. The molecule has 0 spiro atoms. The average Bonchev–Trinajstić information content (AvgIpc) is 1.54. The molecule has 0 aliphatic carbocycles. The van der Waals surface area contributed by atoms with Gasteiger partial charge in [0.25, 0.3) is 0 Å². The summed E-state index contributed by atoms with van der Waals surface area (Å²) in [7, 11) is -9.91. The zero-order valence-corrected chi connectivity index (χ0v) is 64.8. The van der Waals surface area contributed by atoms with E-state index in [2.05, 4.69) is 27.7 Å². The summed E-state index contributed by atoms with van der Waals surface area (Å²) in [6.45, 7) is 5.00. The molecular weight excluding hydrogens is 1270 g/mol. The Morgan fingerprint density at radius 2 is 0.412 bits per heavy atom. The van der Waals surface area contributed by atoms with Crippen LogP contribution < -0.4 is 0 Å². The summed E-state index contributed by atoms with van der Waals surface area (Å²) < 4.78 is 68.6. The van der Waals surface area contributed by atoms with E-state index in [1.165, 1.54) is 250 Å². The van der Waals surface area contributed by atoms with E-state index in [9.17, 15) is 43.2 Å². The van der Waals surface area contributed by atoms with Gasteiger partial charge >= 0.3 is 39.5 Å². The molecule has 0 aromatic heterocycles. The average molecular weight is 1420 g/mol. The largest absolute Gasteiger partial charge is 0.472 e. The monoisotopic (exact) mass is 1420 g/mol. The summed E-state index contributed by atoms with van der Waals surface area (Å²) >= 11 is 0. The molecule has 0 saturated carbocycles. The number of aliphatic hydroxyl groups is 1. The zero-order chi connectivity index (χ0) is 71.1. The van der Waals surface area contributed by atoms with Gasteiger partial charge < -0.3 is 33.8 Å². The third-order valence-electron chi connectivity index (χ3n) is 18.4. The van der Waals surface area contributed by atoms with Crippen molar-refractivity contribution >= 4 is 39.5 Å². The standard InChI is InChI=1S/C78H152O17P2/c1-5-9-13-17-21-25-29-32-34-36-37-38-40-42-45-49-53-57-61-65-78(83)95-74(69-89-76(81)63-59-55-51-47-44-41-39-35-33-30-26-22-18-14-10-6-2)71-93-97(86,87)91-67-72(79)66-90-96(84,85)92-70-73(68-88-75(80)62-58-54-50-46-28-24-20-16-12-8-4)94-77(82)64-60-56-52-48-43-31-27-23-19-15-11-7-3/h72-74,79H,5-71H2,1-4H3,(H,84,85)(H,86,87)/t72-,73+,74+/m0/s1. The first-order valence-electron chi connectivity index (χ1n) is 40.8. The second-order valence-corrected chi connectivity index (χ2v) is 31.0. The fourth-order valence-electron chi connectivity index (χ4n) is 12.1.